The van der Waals surface area contributed by atoms with Crippen molar-refractivity contribution in [1.29, 1.82) is 0 Å². The minimum absolute atomic E-state index is 0.0361. The summed E-state index contributed by atoms with van der Waals surface area (Å²) in [6, 6.07) is -1.03. The summed E-state index contributed by atoms with van der Waals surface area (Å²) in [6.45, 7) is 4.88. The van der Waals surface area contributed by atoms with E-state index in [1.807, 2.05) is 6.92 Å². The smallest absolute Gasteiger partial charge is 0.222 e. The number of hydrogen-bond acceptors (Lipinski definition) is 10. The Labute approximate surface area is 236 Å². The minimum Gasteiger partial charge on any atom is -0.394 e. The van der Waals surface area contributed by atoms with Crippen LogP contribution in [-0.4, -0.2) is 125 Å². The number of likely N-dealkylation sites (tertiary alicyclic amines) is 1. The van der Waals surface area contributed by atoms with E-state index in [0.29, 0.717) is 58.4 Å². The van der Waals surface area contributed by atoms with Crippen LogP contribution in [-0.2, 0) is 28.6 Å². The van der Waals surface area contributed by atoms with Gasteiger partial charge in [-0.2, -0.15) is 0 Å². The van der Waals surface area contributed by atoms with Crippen LogP contribution >= 0.6 is 0 Å². The van der Waals surface area contributed by atoms with E-state index in [9.17, 15) is 34.8 Å². The van der Waals surface area contributed by atoms with Gasteiger partial charge in [-0.3, -0.25) is 14.4 Å². The SMILES string of the molecule is CCOC[C@@H]1C[C@@H](O)CN1C(=O)CCCCCNC(=O)CCCCCOC1OC(CO)C(O)C(O)C1NC(C)=O. The van der Waals surface area contributed by atoms with Gasteiger partial charge < -0.3 is 50.2 Å². The van der Waals surface area contributed by atoms with Crippen molar-refractivity contribution in [3.63, 3.8) is 0 Å². The second-order valence-corrected chi connectivity index (χ2v) is 10.5. The fourth-order valence-corrected chi connectivity index (χ4v) is 5.02. The van der Waals surface area contributed by atoms with E-state index >= 15 is 0 Å². The van der Waals surface area contributed by atoms with Crippen molar-refractivity contribution in [2.24, 2.45) is 0 Å². The Morgan fingerprint density at radius 3 is 2.42 bits per heavy atom. The largest absolute Gasteiger partial charge is 0.394 e. The van der Waals surface area contributed by atoms with Crippen molar-refractivity contribution < 1.29 is 49.0 Å². The quantitative estimate of drug-likeness (QED) is 0.113. The van der Waals surface area contributed by atoms with Crippen molar-refractivity contribution >= 4 is 17.7 Å². The summed E-state index contributed by atoms with van der Waals surface area (Å²) in [7, 11) is 0. The number of β-amino-alcohol motifs (C(OH)–C–C–N with tert-alkyl or cyclic N) is 1. The molecule has 0 spiro atoms. The molecule has 13 heteroatoms. The predicted octanol–water partition coefficient (Wildman–Crippen LogP) is -0.818. The predicted molar refractivity (Wildman–Crippen MR) is 144 cm³/mol. The average molecular weight is 576 g/mol. The lowest BCUT2D eigenvalue weighted by atomic mass is 9.97. The number of ether oxygens (including phenoxy) is 3. The van der Waals surface area contributed by atoms with Crippen LogP contribution in [0.5, 0.6) is 0 Å². The van der Waals surface area contributed by atoms with Gasteiger partial charge in [-0.05, 0) is 39.0 Å². The monoisotopic (exact) mass is 575 g/mol. The molecule has 2 fully saturated rings. The molecule has 2 saturated heterocycles. The number of unbranched alkanes of at least 4 members (excludes halogenated alkanes) is 4. The first-order valence-corrected chi connectivity index (χ1v) is 14.5. The van der Waals surface area contributed by atoms with Crippen LogP contribution in [0.3, 0.4) is 0 Å². The number of carbonyl (C=O) groups excluding carboxylic acids is 3. The number of nitrogens with one attached hydrogen (secondary N) is 2. The second kappa shape index (κ2) is 18.5. The van der Waals surface area contributed by atoms with E-state index in [-0.39, 0.29) is 24.5 Å². The molecule has 0 aromatic rings. The molecule has 0 aromatic carbocycles. The summed E-state index contributed by atoms with van der Waals surface area (Å²) in [5.74, 6) is -0.410. The molecule has 0 aromatic heterocycles. The van der Waals surface area contributed by atoms with Crippen LogP contribution in [0.1, 0.15) is 71.6 Å². The summed E-state index contributed by atoms with van der Waals surface area (Å²) < 4.78 is 16.6. The first-order valence-electron chi connectivity index (χ1n) is 14.5. The molecule has 232 valence electrons. The summed E-state index contributed by atoms with van der Waals surface area (Å²) in [4.78, 5) is 37.8. The normalized spacial score (nSPS) is 28.4. The third-order valence-corrected chi connectivity index (χ3v) is 7.20. The molecule has 0 aliphatic carbocycles. The Balaban J connectivity index is 1.52. The first-order chi connectivity index (χ1) is 19.2. The highest BCUT2D eigenvalue weighted by Crippen LogP contribution is 2.23. The van der Waals surface area contributed by atoms with Crippen LogP contribution in [0, 0.1) is 0 Å². The fourth-order valence-electron chi connectivity index (χ4n) is 5.02. The average Bonchev–Trinajstić information content (AvgIpc) is 3.30. The van der Waals surface area contributed by atoms with Gasteiger partial charge in [-0.1, -0.05) is 12.8 Å². The Hall–Kier alpha value is -1.87. The topological polar surface area (TPSA) is 187 Å². The molecular weight excluding hydrogens is 526 g/mol. The van der Waals surface area contributed by atoms with Crippen LogP contribution in [0.4, 0.5) is 0 Å². The van der Waals surface area contributed by atoms with E-state index in [0.717, 1.165) is 25.7 Å². The number of carbonyl (C=O) groups is 3. The number of rotatable bonds is 18. The van der Waals surface area contributed by atoms with Gasteiger partial charge in [0.15, 0.2) is 6.29 Å². The summed E-state index contributed by atoms with van der Waals surface area (Å²) in [5.41, 5.74) is 0. The van der Waals surface area contributed by atoms with Crippen molar-refractivity contribution in [3.05, 3.63) is 0 Å². The van der Waals surface area contributed by atoms with Crippen LogP contribution in [0.25, 0.3) is 0 Å². The number of aliphatic hydroxyl groups is 4. The maximum atomic E-state index is 12.5. The number of amides is 3. The van der Waals surface area contributed by atoms with Crippen LogP contribution < -0.4 is 10.6 Å². The van der Waals surface area contributed by atoms with Gasteiger partial charge in [0.2, 0.25) is 17.7 Å². The zero-order valence-corrected chi connectivity index (χ0v) is 23.8. The van der Waals surface area contributed by atoms with Gasteiger partial charge in [0.25, 0.3) is 0 Å². The third-order valence-electron chi connectivity index (χ3n) is 7.20. The van der Waals surface area contributed by atoms with E-state index in [2.05, 4.69) is 10.6 Å². The molecule has 0 saturated carbocycles. The Morgan fingerprint density at radius 2 is 1.73 bits per heavy atom. The lowest BCUT2D eigenvalue weighted by molar-refractivity contribution is -0.270. The molecule has 2 rings (SSSR count). The molecular formula is C27H49N3O10. The van der Waals surface area contributed by atoms with Crippen LogP contribution in [0.15, 0.2) is 0 Å². The molecule has 2 heterocycles. The maximum absolute atomic E-state index is 12.5. The highest BCUT2D eigenvalue weighted by molar-refractivity contribution is 5.77. The molecule has 0 bridgehead atoms. The third kappa shape index (κ3) is 11.6. The molecule has 40 heavy (non-hydrogen) atoms. The fraction of sp³-hybridized carbons (Fsp3) is 0.889. The van der Waals surface area contributed by atoms with E-state index in [1.54, 1.807) is 4.90 Å². The Bertz CT molecular complexity index is 773. The highest BCUT2D eigenvalue weighted by atomic mass is 16.7. The Kier molecular flexibility index (Phi) is 15.9. The lowest BCUT2D eigenvalue weighted by Crippen LogP contribution is -2.64. The van der Waals surface area contributed by atoms with E-state index in [1.165, 1.54) is 6.92 Å². The number of nitrogens with zero attached hydrogens (tertiary/aromatic N) is 1. The van der Waals surface area contributed by atoms with Gasteiger partial charge in [-0.25, -0.2) is 0 Å². The first kappa shape index (κ1) is 34.3. The van der Waals surface area contributed by atoms with E-state index in [4.69, 9.17) is 14.2 Å². The van der Waals surface area contributed by atoms with Gasteiger partial charge >= 0.3 is 0 Å². The Morgan fingerprint density at radius 1 is 1.00 bits per heavy atom. The van der Waals surface area contributed by atoms with Gasteiger partial charge in [0, 0.05) is 46.1 Å². The summed E-state index contributed by atoms with van der Waals surface area (Å²) >= 11 is 0. The molecule has 7 atom stereocenters. The van der Waals surface area contributed by atoms with E-state index < -0.39 is 49.3 Å². The minimum atomic E-state index is -1.36. The molecule has 2 aliphatic rings. The van der Waals surface area contributed by atoms with Gasteiger partial charge in [0.1, 0.15) is 24.4 Å². The molecule has 3 amide bonds. The van der Waals surface area contributed by atoms with Crippen molar-refractivity contribution in [2.45, 2.75) is 114 Å². The highest BCUT2D eigenvalue weighted by Gasteiger charge is 2.45. The molecule has 0 radical (unpaired) electrons. The number of hydrogen-bond donors (Lipinski definition) is 6. The zero-order chi connectivity index (χ0) is 29.5. The second-order valence-electron chi connectivity index (χ2n) is 10.5. The van der Waals surface area contributed by atoms with Gasteiger partial charge in [-0.15, -0.1) is 0 Å². The van der Waals surface area contributed by atoms with Crippen molar-refractivity contribution in [3.8, 4) is 0 Å². The van der Waals surface area contributed by atoms with Gasteiger partial charge in [0.05, 0.1) is 25.4 Å². The lowest BCUT2D eigenvalue weighted by Gasteiger charge is -2.42. The van der Waals surface area contributed by atoms with Crippen molar-refractivity contribution in [1.82, 2.24) is 15.5 Å². The molecule has 2 aliphatic heterocycles. The number of aliphatic hydroxyl groups excluding tert-OH is 4. The van der Waals surface area contributed by atoms with Crippen molar-refractivity contribution in [2.75, 3.05) is 39.5 Å². The summed E-state index contributed by atoms with van der Waals surface area (Å²) in [6.07, 6.45) is 0.453. The molecule has 5 unspecified atom stereocenters. The zero-order valence-electron chi connectivity index (χ0n) is 23.8. The standard InChI is InChI=1S/C27H49N3O10/c1-3-38-17-19-14-20(33)15-30(19)23(35)11-7-4-8-12-28-22(34)10-6-5-9-13-39-27-24(29-18(2)32)26(37)25(36)21(16-31)40-27/h19-21,24-27,31,33,36-37H,3-17H2,1-2H3,(H,28,34)(H,29,32)/t19-,20+,21?,24?,25?,26?,27?/m0/s1. The maximum Gasteiger partial charge on any atom is 0.222 e. The van der Waals surface area contributed by atoms with Crippen LogP contribution in [0.2, 0.25) is 0 Å². The molecule has 6 N–H and O–H groups in total. The molecule has 13 nitrogen and oxygen atoms in total. The summed E-state index contributed by atoms with van der Waals surface area (Å²) in [5, 5.41) is 45.0.